The van der Waals surface area contributed by atoms with Gasteiger partial charge in [0.15, 0.2) is 0 Å². The summed E-state index contributed by atoms with van der Waals surface area (Å²) in [5.41, 5.74) is 0.780. The van der Waals surface area contributed by atoms with Crippen LogP contribution in [0.3, 0.4) is 0 Å². The van der Waals surface area contributed by atoms with Crippen LogP contribution >= 0.6 is 27.5 Å². The highest BCUT2D eigenvalue weighted by Gasteiger charge is 2.03. The lowest BCUT2D eigenvalue weighted by atomic mass is 10.3. The van der Waals surface area contributed by atoms with Crippen LogP contribution in [0.4, 0.5) is 0 Å². The minimum absolute atomic E-state index is 0.155. The van der Waals surface area contributed by atoms with Crippen molar-refractivity contribution in [1.29, 1.82) is 0 Å². The van der Waals surface area contributed by atoms with Crippen LogP contribution < -0.4 is 5.43 Å². The molecule has 3 nitrogen and oxygen atoms in total. The van der Waals surface area contributed by atoms with E-state index in [0.29, 0.717) is 11.0 Å². The number of pyridine rings is 2. The summed E-state index contributed by atoms with van der Waals surface area (Å²) in [6.45, 7) is 0. The number of fused-ring (bicyclic) bond motifs is 1. The number of hydrogen-bond acceptors (Lipinski definition) is 2. The molecule has 1 N–H and O–H groups in total. The molecule has 0 aromatic carbocycles. The molecule has 5 heteroatoms. The van der Waals surface area contributed by atoms with Crippen LogP contribution in [0.15, 0.2) is 27.7 Å². The molecule has 2 aromatic heterocycles. The molecule has 2 heterocycles. The average Bonchev–Trinajstić information content (AvgIpc) is 2.12. The van der Waals surface area contributed by atoms with Crippen molar-refractivity contribution in [2.24, 2.45) is 0 Å². The third-order valence-electron chi connectivity index (χ3n) is 1.64. The van der Waals surface area contributed by atoms with Crippen LogP contribution in [-0.2, 0) is 0 Å². The summed E-state index contributed by atoms with van der Waals surface area (Å²) in [5, 5.41) is 0.155. The number of rotatable bonds is 0. The molecule has 0 saturated heterocycles. The van der Waals surface area contributed by atoms with Crippen molar-refractivity contribution in [3.05, 3.63) is 38.2 Å². The van der Waals surface area contributed by atoms with Crippen molar-refractivity contribution in [1.82, 2.24) is 9.97 Å². The fraction of sp³-hybridized carbons (Fsp3) is 0. The summed E-state index contributed by atoms with van der Waals surface area (Å²) in [5.74, 6) is 0. The van der Waals surface area contributed by atoms with Gasteiger partial charge in [0.2, 0.25) is 5.43 Å². The molecule has 0 amide bonds. The van der Waals surface area contributed by atoms with Crippen LogP contribution in [0, 0.1) is 0 Å². The third-order valence-corrected chi connectivity index (χ3v) is 2.36. The first kappa shape index (κ1) is 8.72. The zero-order chi connectivity index (χ0) is 9.42. The van der Waals surface area contributed by atoms with Crippen molar-refractivity contribution in [2.45, 2.75) is 0 Å². The maximum absolute atomic E-state index is 11.4. The molecule has 2 aromatic rings. The molecule has 0 spiro atoms. The van der Waals surface area contributed by atoms with E-state index in [4.69, 9.17) is 11.6 Å². The van der Waals surface area contributed by atoms with Crippen molar-refractivity contribution in [2.75, 3.05) is 0 Å². The van der Waals surface area contributed by atoms with Crippen LogP contribution in [0.5, 0.6) is 0 Å². The lowest BCUT2D eigenvalue weighted by Gasteiger charge is -1.97. The molecule has 0 saturated carbocycles. The second kappa shape index (κ2) is 3.12. The van der Waals surface area contributed by atoms with Gasteiger partial charge in [0.25, 0.3) is 0 Å². The lowest BCUT2D eigenvalue weighted by Crippen LogP contribution is -2.04. The van der Waals surface area contributed by atoms with Gasteiger partial charge >= 0.3 is 0 Å². The molecule has 0 aliphatic heterocycles. The van der Waals surface area contributed by atoms with E-state index in [-0.39, 0.29) is 10.5 Å². The molecule has 66 valence electrons. The topological polar surface area (TPSA) is 45.8 Å². The molecule has 2 rings (SSSR count). The minimum atomic E-state index is -0.247. The first-order chi connectivity index (χ1) is 6.18. The van der Waals surface area contributed by atoms with Gasteiger partial charge in [0.1, 0.15) is 10.5 Å². The predicted octanol–water partition coefficient (Wildman–Crippen LogP) is 2.34. The molecule has 0 fully saturated rings. The van der Waals surface area contributed by atoms with Crippen LogP contribution in [0.2, 0.25) is 5.02 Å². The lowest BCUT2D eigenvalue weighted by molar-refractivity contribution is 1.30. The number of aromatic amines is 1. The maximum Gasteiger partial charge on any atom is 0.226 e. The number of H-pyrrole nitrogens is 1. The fourth-order valence-electron chi connectivity index (χ4n) is 1.05. The molecule has 0 radical (unpaired) electrons. The minimum Gasteiger partial charge on any atom is -0.358 e. The molecule has 0 unspecified atom stereocenters. The van der Waals surface area contributed by atoms with E-state index in [9.17, 15) is 4.79 Å². The third kappa shape index (κ3) is 1.47. The largest absolute Gasteiger partial charge is 0.358 e. The van der Waals surface area contributed by atoms with E-state index in [2.05, 4.69) is 25.9 Å². The van der Waals surface area contributed by atoms with Gasteiger partial charge in [-0.05, 0) is 22.0 Å². The first-order valence-corrected chi connectivity index (χ1v) is 4.68. The normalized spacial score (nSPS) is 10.6. The second-order valence-corrected chi connectivity index (χ2v) is 3.84. The van der Waals surface area contributed by atoms with Gasteiger partial charge in [0.05, 0.1) is 5.52 Å². The quantitative estimate of drug-likeness (QED) is 0.789. The molecule has 0 atom stereocenters. The van der Waals surface area contributed by atoms with E-state index in [0.717, 1.165) is 4.47 Å². The Labute approximate surface area is 86.9 Å². The molecular formula is C8H4BrClN2O. The number of nitrogens with one attached hydrogen (secondary N) is 1. The highest BCUT2D eigenvalue weighted by atomic mass is 79.9. The van der Waals surface area contributed by atoms with Gasteiger partial charge in [-0.1, -0.05) is 11.6 Å². The van der Waals surface area contributed by atoms with Crippen molar-refractivity contribution >= 4 is 38.6 Å². The number of halogens is 2. The zero-order valence-electron chi connectivity index (χ0n) is 6.34. The van der Waals surface area contributed by atoms with Crippen LogP contribution in [0.25, 0.3) is 11.0 Å². The van der Waals surface area contributed by atoms with Gasteiger partial charge in [-0.15, -0.1) is 0 Å². The monoisotopic (exact) mass is 258 g/mol. The highest BCUT2D eigenvalue weighted by Crippen LogP contribution is 2.13. The Morgan fingerprint density at radius 2 is 2.31 bits per heavy atom. The number of nitrogens with zero attached hydrogens (tertiary/aromatic N) is 1. The standard InChI is InChI=1S/C8H4BrClN2O/c9-4-1-6-7(12-2-4)8(13)5(10)3-11-6/h1-3H,(H,11,13). The Hall–Kier alpha value is -0.870. The fourth-order valence-corrected chi connectivity index (χ4v) is 1.53. The Balaban J connectivity index is 2.95. The van der Waals surface area contributed by atoms with E-state index in [1.54, 1.807) is 12.3 Å². The van der Waals surface area contributed by atoms with Gasteiger partial charge in [-0.3, -0.25) is 4.79 Å². The van der Waals surface area contributed by atoms with E-state index in [1.807, 2.05) is 0 Å². The second-order valence-electron chi connectivity index (χ2n) is 2.52. The predicted molar refractivity (Wildman–Crippen MR) is 55.1 cm³/mol. The van der Waals surface area contributed by atoms with Gasteiger partial charge < -0.3 is 4.98 Å². The summed E-state index contributed by atoms with van der Waals surface area (Å²) in [6.07, 6.45) is 3.02. The molecular weight excluding hydrogens is 255 g/mol. The molecule has 0 aliphatic carbocycles. The molecule has 13 heavy (non-hydrogen) atoms. The van der Waals surface area contributed by atoms with E-state index < -0.39 is 0 Å². The zero-order valence-corrected chi connectivity index (χ0v) is 8.69. The van der Waals surface area contributed by atoms with Crippen molar-refractivity contribution < 1.29 is 0 Å². The van der Waals surface area contributed by atoms with Gasteiger partial charge in [-0.2, -0.15) is 0 Å². The van der Waals surface area contributed by atoms with Crippen molar-refractivity contribution in [3.8, 4) is 0 Å². The summed E-state index contributed by atoms with van der Waals surface area (Å²) >= 11 is 8.89. The summed E-state index contributed by atoms with van der Waals surface area (Å²) in [7, 11) is 0. The Morgan fingerprint density at radius 3 is 3.08 bits per heavy atom. The number of aromatic nitrogens is 2. The maximum atomic E-state index is 11.4. The Kier molecular flexibility index (Phi) is 2.09. The van der Waals surface area contributed by atoms with Gasteiger partial charge in [-0.25, -0.2) is 4.98 Å². The van der Waals surface area contributed by atoms with Crippen LogP contribution in [-0.4, -0.2) is 9.97 Å². The van der Waals surface area contributed by atoms with Gasteiger partial charge in [0, 0.05) is 16.9 Å². The number of hydrogen-bond donors (Lipinski definition) is 1. The summed E-state index contributed by atoms with van der Waals surface area (Å²) < 4.78 is 0.818. The first-order valence-electron chi connectivity index (χ1n) is 3.51. The summed E-state index contributed by atoms with van der Waals surface area (Å²) in [4.78, 5) is 18.3. The van der Waals surface area contributed by atoms with E-state index in [1.165, 1.54) is 6.20 Å². The Bertz CT molecular complexity index is 523. The highest BCUT2D eigenvalue weighted by molar-refractivity contribution is 9.10. The smallest absolute Gasteiger partial charge is 0.226 e. The van der Waals surface area contributed by atoms with Crippen LogP contribution in [0.1, 0.15) is 0 Å². The average molecular weight is 259 g/mol. The van der Waals surface area contributed by atoms with E-state index >= 15 is 0 Å². The molecule has 0 bridgehead atoms. The SMILES string of the molecule is O=c1c(Cl)c[nH]c2cc(Br)cnc12. The Morgan fingerprint density at radius 1 is 1.54 bits per heavy atom. The van der Waals surface area contributed by atoms with Crippen molar-refractivity contribution in [3.63, 3.8) is 0 Å². The summed E-state index contributed by atoms with van der Waals surface area (Å²) in [6, 6.07) is 1.78. The molecule has 0 aliphatic rings.